The Morgan fingerprint density at radius 2 is 1.81 bits per heavy atom. The van der Waals surface area contributed by atoms with Crippen molar-refractivity contribution >= 4 is 26.4 Å². The second-order valence-corrected chi connectivity index (χ2v) is 9.91. The number of hydrogen-bond donors (Lipinski definition) is 2. The van der Waals surface area contributed by atoms with Crippen LogP contribution in [0.5, 0.6) is 0 Å². The summed E-state index contributed by atoms with van der Waals surface area (Å²) in [5, 5.41) is 24.7. The Bertz CT molecular complexity index is 1390. The predicted octanol–water partition coefficient (Wildman–Crippen LogP) is 3.43. The topological polar surface area (TPSA) is 109 Å². The van der Waals surface area contributed by atoms with Gasteiger partial charge < -0.3 is 5.11 Å². The van der Waals surface area contributed by atoms with Gasteiger partial charge in [0.1, 0.15) is 0 Å². The molecule has 4 aromatic rings. The predicted molar refractivity (Wildman–Crippen MR) is 124 cm³/mol. The van der Waals surface area contributed by atoms with Gasteiger partial charge in [-0.3, -0.25) is 0 Å². The van der Waals surface area contributed by atoms with E-state index in [1.807, 2.05) is 51.1 Å². The summed E-state index contributed by atoms with van der Waals surface area (Å²) in [5.74, 6) is 0.858. The molecule has 0 aliphatic carbocycles. The SMILES string of the molecule is CCC(CO)NS(=O)(=O)c1cc(-c2nn3c(C(C)C)nnc3c3ccccc23)ccc1C. The van der Waals surface area contributed by atoms with E-state index in [1.165, 1.54) is 0 Å². The van der Waals surface area contributed by atoms with Crippen molar-refractivity contribution in [3.8, 4) is 11.3 Å². The second kappa shape index (κ2) is 8.57. The molecular weight excluding hydrogens is 426 g/mol. The maximum Gasteiger partial charge on any atom is 0.241 e. The number of sulfonamides is 1. The highest BCUT2D eigenvalue weighted by Gasteiger charge is 2.23. The Hall–Kier alpha value is -2.88. The van der Waals surface area contributed by atoms with Crippen LogP contribution in [0.3, 0.4) is 0 Å². The smallest absolute Gasteiger partial charge is 0.241 e. The van der Waals surface area contributed by atoms with Gasteiger partial charge in [-0.25, -0.2) is 13.1 Å². The van der Waals surface area contributed by atoms with Gasteiger partial charge in [-0.2, -0.15) is 9.61 Å². The van der Waals surface area contributed by atoms with Crippen LogP contribution in [-0.4, -0.2) is 46.0 Å². The van der Waals surface area contributed by atoms with Gasteiger partial charge in [0.2, 0.25) is 10.0 Å². The summed E-state index contributed by atoms with van der Waals surface area (Å²) in [5.41, 5.74) is 2.62. The van der Waals surface area contributed by atoms with E-state index in [9.17, 15) is 13.5 Å². The molecule has 0 fully saturated rings. The molecule has 9 heteroatoms. The van der Waals surface area contributed by atoms with Crippen molar-refractivity contribution in [2.75, 3.05) is 6.61 Å². The molecule has 1 atom stereocenters. The molecule has 1 unspecified atom stereocenters. The molecule has 2 aromatic carbocycles. The normalized spacial score (nSPS) is 13.3. The van der Waals surface area contributed by atoms with E-state index in [4.69, 9.17) is 5.10 Å². The summed E-state index contributed by atoms with van der Waals surface area (Å²) in [6.07, 6.45) is 0.489. The second-order valence-electron chi connectivity index (χ2n) is 8.23. The van der Waals surface area contributed by atoms with Crippen LogP contribution >= 0.6 is 0 Å². The number of nitrogens with zero attached hydrogens (tertiary/aromatic N) is 4. The fraction of sp³-hybridized carbons (Fsp3) is 0.348. The van der Waals surface area contributed by atoms with Crippen LogP contribution in [0.15, 0.2) is 47.4 Å². The van der Waals surface area contributed by atoms with E-state index >= 15 is 0 Å². The minimum atomic E-state index is -3.82. The molecule has 8 nitrogen and oxygen atoms in total. The summed E-state index contributed by atoms with van der Waals surface area (Å²) >= 11 is 0. The molecule has 2 heterocycles. The molecule has 2 N–H and O–H groups in total. The van der Waals surface area contributed by atoms with Crippen molar-refractivity contribution in [2.45, 2.75) is 51.0 Å². The first-order chi connectivity index (χ1) is 15.3. The van der Waals surface area contributed by atoms with Crippen LogP contribution in [0.2, 0.25) is 0 Å². The first kappa shape index (κ1) is 22.3. The minimum absolute atomic E-state index is 0.120. The highest BCUT2D eigenvalue weighted by molar-refractivity contribution is 7.89. The maximum absolute atomic E-state index is 13.1. The number of fused-ring (bicyclic) bond motifs is 3. The van der Waals surface area contributed by atoms with Crippen LogP contribution in [0, 0.1) is 6.92 Å². The molecule has 0 aliphatic heterocycles. The molecule has 2 aromatic heterocycles. The van der Waals surface area contributed by atoms with Crippen molar-refractivity contribution in [2.24, 2.45) is 0 Å². The molecule has 0 aliphatic rings. The fourth-order valence-corrected chi connectivity index (χ4v) is 5.32. The zero-order chi connectivity index (χ0) is 23.0. The largest absolute Gasteiger partial charge is 0.395 e. The van der Waals surface area contributed by atoms with Gasteiger partial charge >= 0.3 is 0 Å². The first-order valence-electron chi connectivity index (χ1n) is 10.6. The molecule has 4 rings (SSSR count). The Morgan fingerprint density at radius 1 is 1.09 bits per heavy atom. The van der Waals surface area contributed by atoms with Gasteiger partial charge in [-0.1, -0.05) is 57.2 Å². The van der Waals surface area contributed by atoms with Crippen molar-refractivity contribution in [3.05, 3.63) is 53.9 Å². The number of hydrogen-bond acceptors (Lipinski definition) is 6. The Morgan fingerprint density at radius 3 is 2.47 bits per heavy atom. The third-order valence-electron chi connectivity index (χ3n) is 5.59. The van der Waals surface area contributed by atoms with Crippen LogP contribution in [0.4, 0.5) is 0 Å². The van der Waals surface area contributed by atoms with Crippen molar-refractivity contribution in [1.29, 1.82) is 0 Å². The Kier molecular flexibility index (Phi) is 5.98. The van der Waals surface area contributed by atoms with Gasteiger partial charge in [0.05, 0.1) is 17.2 Å². The Labute approximate surface area is 187 Å². The zero-order valence-electron chi connectivity index (χ0n) is 18.6. The van der Waals surface area contributed by atoms with Crippen molar-refractivity contribution in [3.63, 3.8) is 0 Å². The lowest BCUT2D eigenvalue weighted by Gasteiger charge is -2.17. The van der Waals surface area contributed by atoms with Crippen molar-refractivity contribution in [1.82, 2.24) is 24.5 Å². The van der Waals surface area contributed by atoms with E-state index in [-0.39, 0.29) is 17.4 Å². The third kappa shape index (κ3) is 3.87. The maximum atomic E-state index is 13.1. The molecule has 0 spiro atoms. The van der Waals surface area contributed by atoms with Crippen molar-refractivity contribution < 1.29 is 13.5 Å². The lowest BCUT2D eigenvalue weighted by Crippen LogP contribution is -2.37. The number of aliphatic hydroxyl groups excluding tert-OH is 1. The van der Waals surface area contributed by atoms with Crippen LogP contribution in [0.25, 0.3) is 27.7 Å². The summed E-state index contributed by atoms with van der Waals surface area (Å²) in [4.78, 5) is 0.167. The highest BCUT2D eigenvalue weighted by atomic mass is 32.2. The van der Waals surface area contributed by atoms with E-state index in [0.717, 1.165) is 16.6 Å². The molecule has 32 heavy (non-hydrogen) atoms. The van der Waals surface area contributed by atoms with Gasteiger partial charge in [0, 0.05) is 28.3 Å². The summed E-state index contributed by atoms with van der Waals surface area (Å²) < 4.78 is 30.5. The molecule has 0 radical (unpaired) electrons. The third-order valence-corrected chi connectivity index (χ3v) is 7.25. The van der Waals surface area contributed by atoms with E-state index in [1.54, 1.807) is 23.6 Å². The number of aromatic nitrogens is 4. The fourth-order valence-electron chi connectivity index (χ4n) is 3.74. The molecular formula is C23H27N5O3S. The summed E-state index contributed by atoms with van der Waals surface area (Å²) in [6.45, 7) is 7.37. The Balaban J connectivity index is 1.95. The van der Waals surface area contributed by atoms with Crippen LogP contribution < -0.4 is 4.72 Å². The zero-order valence-corrected chi connectivity index (χ0v) is 19.4. The molecule has 168 valence electrons. The monoisotopic (exact) mass is 453 g/mol. The van der Waals surface area contributed by atoms with Crippen LogP contribution in [-0.2, 0) is 10.0 Å². The number of rotatable bonds is 7. The van der Waals surface area contributed by atoms with Gasteiger partial charge in [-0.15, -0.1) is 10.2 Å². The highest BCUT2D eigenvalue weighted by Crippen LogP contribution is 2.32. The quantitative estimate of drug-likeness (QED) is 0.444. The number of aliphatic hydroxyl groups is 1. The average Bonchev–Trinajstić information content (AvgIpc) is 3.22. The molecule has 0 amide bonds. The van der Waals surface area contributed by atoms with E-state index in [2.05, 4.69) is 14.9 Å². The molecule has 0 saturated heterocycles. The summed E-state index contributed by atoms with van der Waals surface area (Å²) in [7, 11) is -3.82. The molecule has 0 bridgehead atoms. The minimum Gasteiger partial charge on any atom is -0.395 e. The molecule has 0 saturated carbocycles. The van der Waals surface area contributed by atoms with E-state index < -0.39 is 16.1 Å². The van der Waals surface area contributed by atoms with Gasteiger partial charge in [0.15, 0.2) is 11.5 Å². The standard InChI is InChI=1S/C23H27N5O3S/c1-5-17(13-29)27-32(30,31)20-12-16(11-10-15(20)4)21-18-8-6-7-9-19(18)23-25-24-22(14(2)3)28(23)26-21/h6-12,14,17,27,29H,5,13H2,1-4H3. The lowest BCUT2D eigenvalue weighted by atomic mass is 10.0. The number of nitrogens with one attached hydrogen (secondary N) is 1. The first-order valence-corrected chi connectivity index (χ1v) is 12.1. The average molecular weight is 454 g/mol. The number of aryl methyl sites for hydroxylation is 1. The van der Waals surface area contributed by atoms with E-state index in [0.29, 0.717) is 28.9 Å². The van der Waals surface area contributed by atoms with Gasteiger partial charge in [0.25, 0.3) is 0 Å². The van der Waals surface area contributed by atoms with Crippen LogP contribution in [0.1, 0.15) is 44.5 Å². The number of benzene rings is 2. The van der Waals surface area contributed by atoms with Gasteiger partial charge in [-0.05, 0) is 25.0 Å². The summed E-state index contributed by atoms with van der Waals surface area (Å²) in [6, 6.07) is 12.5. The lowest BCUT2D eigenvalue weighted by molar-refractivity contribution is 0.254.